The Kier molecular flexibility index (Phi) is 5.23. The number of carbonyl (C=O) groups is 1. The number of rotatable bonds is 5. The third-order valence-corrected chi connectivity index (χ3v) is 5.53. The summed E-state index contributed by atoms with van der Waals surface area (Å²) in [6.07, 6.45) is 7.69. The van der Waals surface area contributed by atoms with Crippen LogP contribution < -0.4 is 5.56 Å². The Labute approximate surface area is 163 Å². The second kappa shape index (κ2) is 7.96. The minimum absolute atomic E-state index is 0.0827. The molecule has 4 rings (SSSR count). The Hall–Kier alpha value is -2.96. The molecular formula is C21H25N5O2. The van der Waals surface area contributed by atoms with Crippen molar-refractivity contribution < 1.29 is 4.79 Å². The average Bonchev–Trinajstić information content (AvgIpc) is 3.22. The number of imidazole rings is 1. The van der Waals surface area contributed by atoms with E-state index >= 15 is 0 Å². The van der Waals surface area contributed by atoms with Gasteiger partial charge in [-0.15, -0.1) is 0 Å². The van der Waals surface area contributed by atoms with Crippen LogP contribution in [-0.4, -0.2) is 43.0 Å². The first kappa shape index (κ1) is 18.4. The topological polar surface area (TPSA) is 73.0 Å². The van der Waals surface area contributed by atoms with Crippen LogP contribution >= 0.6 is 0 Å². The van der Waals surface area contributed by atoms with E-state index in [1.54, 1.807) is 6.07 Å². The van der Waals surface area contributed by atoms with Crippen molar-refractivity contribution >= 4 is 16.8 Å². The van der Waals surface area contributed by atoms with Gasteiger partial charge >= 0.3 is 0 Å². The van der Waals surface area contributed by atoms with Gasteiger partial charge in [0.15, 0.2) is 0 Å². The van der Waals surface area contributed by atoms with E-state index < -0.39 is 0 Å². The average molecular weight is 379 g/mol. The van der Waals surface area contributed by atoms with E-state index in [9.17, 15) is 9.59 Å². The third kappa shape index (κ3) is 3.56. The molecule has 0 saturated carbocycles. The predicted octanol–water partition coefficient (Wildman–Crippen LogP) is 2.41. The molecule has 7 nitrogen and oxygen atoms in total. The third-order valence-electron chi connectivity index (χ3n) is 5.53. The van der Waals surface area contributed by atoms with Gasteiger partial charge in [-0.2, -0.15) is 0 Å². The van der Waals surface area contributed by atoms with Crippen LogP contribution in [0, 0.1) is 0 Å². The fraction of sp³-hybridized carbons (Fsp3) is 0.429. The van der Waals surface area contributed by atoms with E-state index in [-0.39, 0.29) is 17.4 Å². The van der Waals surface area contributed by atoms with E-state index in [0.29, 0.717) is 30.4 Å². The van der Waals surface area contributed by atoms with Crippen LogP contribution in [0.2, 0.25) is 0 Å². The monoisotopic (exact) mass is 379 g/mol. The fourth-order valence-electron chi connectivity index (χ4n) is 4.00. The number of nitrogens with zero attached hydrogens (tertiary/aromatic N) is 5. The zero-order valence-corrected chi connectivity index (χ0v) is 16.1. The van der Waals surface area contributed by atoms with Gasteiger partial charge in [0.2, 0.25) is 5.91 Å². The molecule has 146 valence electrons. The van der Waals surface area contributed by atoms with Crippen molar-refractivity contribution in [3.63, 3.8) is 0 Å². The lowest BCUT2D eigenvalue weighted by Crippen LogP contribution is -2.40. The van der Waals surface area contributed by atoms with Crippen LogP contribution in [0.15, 0.2) is 47.8 Å². The maximum Gasteiger partial charge on any atom is 0.261 e. The molecule has 1 amide bonds. The van der Waals surface area contributed by atoms with Gasteiger partial charge < -0.3 is 9.47 Å². The number of para-hydroxylation sites is 1. The molecule has 3 aromatic rings. The highest BCUT2D eigenvalue weighted by Gasteiger charge is 2.27. The number of aryl methyl sites for hydroxylation is 2. The maximum atomic E-state index is 12.8. The van der Waals surface area contributed by atoms with E-state index in [0.717, 1.165) is 31.8 Å². The highest BCUT2D eigenvalue weighted by molar-refractivity contribution is 5.77. The molecule has 1 saturated heterocycles. The summed E-state index contributed by atoms with van der Waals surface area (Å²) in [6, 6.07) is 7.28. The zero-order valence-electron chi connectivity index (χ0n) is 16.1. The first-order valence-electron chi connectivity index (χ1n) is 9.90. The van der Waals surface area contributed by atoms with Crippen molar-refractivity contribution in [1.82, 2.24) is 24.0 Å². The van der Waals surface area contributed by atoms with E-state index in [1.165, 1.54) is 10.9 Å². The zero-order chi connectivity index (χ0) is 19.5. The summed E-state index contributed by atoms with van der Waals surface area (Å²) < 4.78 is 3.68. The van der Waals surface area contributed by atoms with Gasteiger partial charge in [0.25, 0.3) is 5.56 Å². The minimum Gasteiger partial charge on any atom is -0.342 e. The second-order valence-electron chi connectivity index (χ2n) is 7.26. The number of amides is 1. The largest absolute Gasteiger partial charge is 0.342 e. The Morgan fingerprint density at radius 3 is 2.93 bits per heavy atom. The van der Waals surface area contributed by atoms with Gasteiger partial charge in [0.05, 0.1) is 17.2 Å². The number of benzene rings is 1. The maximum absolute atomic E-state index is 12.8. The molecule has 3 heterocycles. The number of hydrogen-bond acceptors (Lipinski definition) is 4. The lowest BCUT2D eigenvalue weighted by molar-refractivity contribution is -0.132. The molecule has 0 radical (unpaired) electrons. The van der Waals surface area contributed by atoms with Gasteiger partial charge in [-0.1, -0.05) is 12.1 Å². The summed E-state index contributed by atoms with van der Waals surface area (Å²) in [5.41, 5.74) is 0.584. The summed E-state index contributed by atoms with van der Waals surface area (Å²) in [7, 11) is 0. The Balaban J connectivity index is 1.42. The summed E-state index contributed by atoms with van der Waals surface area (Å²) in [5.74, 6) is 1.42. The summed E-state index contributed by atoms with van der Waals surface area (Å²) in [6.45, 7) is 4.80. The number of fused-ring (bicyclic) bond motifs is 1. The fourth-order valence-corrected chi connectivity index (χ4v) is 4.00. The van der Waals surface area contributed by atoms with Crippen LogP contribution in [0.25, 0.3) is 10.9 Å². The minimum atomic E-state index is -0.0973. The van der Waals surface area contributed by atoms with Crippen molar-refractivity contribution in [2.45, 2.75) is 45.2 Å². The first-order chi connectivity index (χ1) is 13.7. The molecule has 1 atom stereocenters. The number of likely N-dealkylation sites (tertiary alicyclic amines) is 1. The molecule has 1 aliphatic heterocycles. The SMILES string of the molecule is CCn1ccnc1[C@H]1CCCN(C(=O)CCn2cnc3ccccc3c2=O)C1. The number of hydrogen-bond donors (Lipinski definition) is 0. The van der Waals surface area contributed by atoms with Crippen molar-refractivity contribution in [2.75, 3.05) is 13.1 Å². The molecular weight excluding hydrogens is 354 g/mol. The number of aromatic nitrogens is 4. The highest BCUT2D eigenvalue weighted by atomic mass is 16.2. The lowest BCUT2D eigenvalue weighted by atomic mass is 9.97. The van der Waals surface area contributed by atoms with Gasteiger partial charge in [-0.25, -0.2) is 9.97 Å². The van der Waals surface area contributed by atoms with Crippen molar-refractivity contribution in [2.24, 2.45) is 0 Å². The normalized spacial score (nSPS) is 17.2. The summed E-state index contributed by atoms with van der Waals surface area (Å²) >= 11 is 0. The van der Waals surface area contributed by atoms with Crippen LogP contribution in [0.4, 0.5) is 0 Å². The highest BCUT2D eigenvalue weighted by Crippen LogP contribution is 2.26. The van der Waals surface area contributed by atoms with Crippen molar-refractivity contribution in [3.05, 3.63) is 59.2 Å². The summed E-state index contributed by atoms with van der Waals surface area (Å²) in [5, 5.41) is 0.585. The van der Waals surface area contributed by atoms with Gasteiger partial charge in [0.1, 0.15) is 5.82 Å². The van der Waals surface area contributed by atoms with Gasteiger partial charge in [-0.3, -0.25) is 14.2 Å². The quantitative estimate of drug-likeness (QED) is 0.682. The molecule has 28 heavy (non-hydrogen) atoms. The molecule has 0 N–H and O–H groups in total. The predicted molar refractivity (Wildman–Crippen MR) is 107 cm³/mol. The molecule has 2 aromatic heterocycles. The van der Waals surface area contributed by atoms with Crippen LogP contribution in [0.5, 0.6) is 0 Å². The van der Waals surface area contributed by atoms with Gasteiger partial charge in [-0.05, 0) is 31.9 Å². The van der Waals surface area contributed by atoms with Crippen LogP contribution in [0.3, 0.4) is 0 Å². The molecule has 1 aliphatic rings. The Bertz CT molecular complexity index is 1040. The standard InChI is InChI=1S/C21H25N5O2/c1-2-24-13-10-22-20(24)16-6-5-11-25(14-16)19(27)9-12-26-15-23-18-8-4-3-7-17(18)21(26)28/h3-4,7-8,10,13,15-16H,2,5-6,9,11-12,14H2,1H3/t16-/m0/s1. The summed E-state index contributed by atoms with van der Waals surface area (Å²) in [4.78, 5) is 36.1. The smallest absolute Gasteiger partial charge is 0.261 e. The van der Waals surface area contributed by atoms with Gasteiger partial charge in [0, 0.05) is 50.9 Å². The van der Waals surface area contributed by atoms with E-state index in [1.807, 2.05) is 35.5 Å². The molecule has 1 fully saturated rings. The molecule has 0 bridgehead atoms. The molecule has 0 spiro atoms. The molecule has 1 aromatic carbocycles. The first-order valence-corrected chi connectivity index (χ1v) is 9.90. The number of piperidine rings is 1. The second-order valence-corrected chi connectivity index (χ2v) is 7.26. The molecule has 0 aliphatic carbocycles. The van der Waals surface area contributed by atoms with E-state index in [4.69, 9.17) is 0 Å². The Morgan fingerprint density at radius 2 is 2.07 bits per heavy atom. The van der Waals surface area contributed by atoms with Crippen molar-refractivity contribution in [3.8, 4) is 0 Å². The lowest BCUT2D eigenvalue weighted by Gasteiger charge is -2.32. The Morgan fingerprint density at radius 1 is 1.21 bits per heavy atom. The molecule has 7 heteroatoms. The van der Waals surface area contributed by atoms with Crippen molar-refractivity contribution in [1.29, 1.82) is 0 Å². The van der Waals surface area contributed by atoms with Crippen LogP contribution in [0.1, 0.15) is 37.9 Å². The number of carbonyl (C=O) groups excluding carboxylic acids is 1. The van der Waals surface area contributed by atoms with Crippen LogP contribution in [-0.2, 0) is 17.9 Å². The molecule has 0 unspecified atom stereocenters. The van der Waals surface area contributed by atoms with E-state index in [2.05, 4.69) is 21.5 Å².